The van der Waals surface area contributed by atoms with Gasteiger partial charge in [0, 0.05) is 12.7 Å². The molecule has 0 N–H and O–H groups in total. The van der Waals surface area contributed by atoms with Crippen molar-refractivity contribution in [2.24, 2.45) is 5.29 Å². The first kappa shape index (κ1) is 9.92. The summed E-state index contributed by atoms with van der Waals surface area (Å²) in [7, 11) is 0. The van der Waals surface area contributed by atoms with Gasteiger partial charge in [-0.2, -0.15) is 0 Å². The van der Waals surface area contributed by atoms with Gasteiger partial charge in [-0.05, 0) is 18.6 Å². The quantitative estimate of drug-likeness (QED) is 0.425. The summed E-state index contributed by atoms with van der Waals surface area (Å²) in [5.74, 6) is 0. The second-order valence-corrected chi connectivity index (χ2v) is 2.94. The molecular weight excluding hydrogens is 190 g/mol. The van der Waals surface area contributed by atoms with Gasteiger partial charge in [0.25, 0.3) is 0 Å². The standard InChI is InChI=1S/C8H10ClN3O/c1-2-12(11-13)6-7-3-4-8(9)10-5-7/h3-5H,2,6H2,1H3. The Hall–Kier alpha value is -1.16. The van der Waals surface area contributed by atoms with Crippen molar-refractivity contribution in [1.29, 1.82) is 0 Å². The lowest BCUT2D eigenvalue weighted by Gasteiger charge is -2.11. The minimum absolute atomic E-state index is 0.450. The summed E-state index contributed by atoms with van der Waals surface area (Å²) >= 11 is 5.61. The topological polar surface area (TPSA) is 45.6 Å². The van der Waals surface area contributed by atoms with Crippen LogP contribution in [0.4, 0.5) is 0 Å². The van der Waals surface area contributed by atoms with Crippen LogP contribution >= 0.6 is 11.6 Å². The Kier molecular flexibility index (Phi) is 3.64. The number of nitroso groups, excluding NO2 is 1. The summed E-state index contributed by atoms with van der Waals surface area (Å²) in [6, 6.07) is 3.51. The molecule has 1 aromatic rings. The van der Waals surface area contributed by atoms with E-state index in [2.05, 4.69) is 10.3 Å². The first-order chi connectivity index (χ1) is 6.26. The fourth-order valence-corrected chi connectivity index (χ4v) is 1.02. The maximum Gasteiger partial charge on any atom is 0.129 e. The van der Waals surface area contributed by atoms with Gasteiger partial charge in [0.15, 0.2) is 0 Å². The molecule has 0 saturated heterocycles. The van der Waals surface area contributed by atoms with Gasteiger partial charge in [-0.15, -0.1) is 4.91 Å². The van der Waals surface area contributed by atoms with Gasteiger partial charge in [0.1, 0.15) is 5.15 Å². The van der Waals surface area contributed by atoms with E-state index in [0.717, 1.165) is 5.56 Å². The van der Waals surface area contributed by atoms with Gasteiger partial charge in [-0.25, -0.2) is 4.98 Å². The third-order valence-electron chi connectivity index (χ3n) is 1.63. The van der Waals surface area contributed by atoms with Crippen LogP contribution in [0.1, 0.15) is 12.5 Å². The average Bonchev–Trinajstić information content (AvgIpc) is 2.17. The van der Waals surface area contributed by atoms with Gasteiger partial charge >= 0.3 is 0 Å². The van der Waals surface area contributed by atoms with E-state index in [9.17, 15) is 4.91 Å². The van der Waals surface area contributed by atoms with E-state index >= 15 is 0 Å². The molecule has 0 bridgehead atoms. The van der Waals surface area contributed by atoms with Crippen molar-refractivity contribution in [3.05, 3.63) is 34.0 Å². The smallest absolute Gasteiger partial charge is 0.129 e. The molecule has 1 heterocycles. The third-order valence-corrected chi connectivity index (χ3v) is 1.86. The van der Waals surface area contributed by atoms with Crippen molar-refractivity contribution >= 4 is 11.6 Å². The van der Waals surface area contributed by atoms with Crippen molar-refractivity contribution in [2.45, 2.75) is 13.5 Å². The molecule has 0 spiro atoms. The number of aromatic nitrogens is 1. The summed E-state index contributed by atoms with van der Waals surface area (Å²) < 4.78 is 0. The van der Waals surface area contributed by atoms with E-state index in [-0.39, 0.29) is 0 Å². The number of hydrogen-bond acceptors (Lipinski definition) is 3. The van der Waals surface area contributed by atoms with Crippen LogP contribution < -0.4 is 0 Å². The number of halogens is 1. The first-order valence-electron chi connectivity index (χ1n) is 3.95. The zero-order valence-corrected chi connectivity index (χ0v) is 8.03. The van der Waals surface area contributed by atoms with E-state index in [0.29, 0.717) is 18.2 Å². The molecule has 1 aromatic heterocycles. The fraction of sp³-hybridized carbons (Fsp3) is 0.375. The van der Waals surface area contributed by atoms with Crippen molar-refractivity contribution in [2.75, 3.05) is 6.54 Å². The van der Waals surface area contributed by atoms with Crippen LogP contribution in [0, 0.1) is 4.91 Å². The highest BCUT2D eigenvalue weighted by molar-refractivity contribution is 6.29. The highest BCUT2D eigenvalue weighted by atomic mass is 35.5. The largest absolute Gasteiger partial charge is 0.257 e. The van der Waals surface area contributed by atoms with Gasteiger partial charge in [0.05, 0.1) is 11.8 Å². The molecule has 13 heavy (non-hydrogen) atoms. The zero-order chi connectivity index (χ0) is 9.68. The maximum absolute atomic E-state index is 10.2. The molecule has 0 amide bonds. The summed E-state index contributed by atoms with van der Waals surface area (Å²) in [6.07, 6.45) is 1.64. The molecule has 5 heteroatoms. The van der Waals surface area contributed by atoms with Crippen LogP contribution in [-0.4, -0.2) is 16.5 Å². The Labute approximate surface area is 81.5 Å². The summed E-state index contributed by atoms with van der Waals surface area (Å²) in [6.45, 7) is 2.93. The Balaban J connectivity index is 2.63. The van der Waals surface area contributed by atoms with Gasteiger partial charge in [0.2, 0.25) is 0 Å². The van der Waals surface area contributed by atoms with E-state index < -0.39 is 0 Å². The third kappa shape index (κ3) is 2.99. The summed E-state index contributed by atoms with van der Waals surface area (Å²) in [5.41, 5.74) is 0.922. The Bertz CT molecular complexity index is 275. The van der Waals surface area contributed by atoms with Crippen molar-refractivity contribution < 1.29 is 0 Å². The van der Waals surface area contributed by atoms with Crippen LogP contribution in [0.3, 0.4) is 0 Å². The van der Waals surface area contributed by atoms with E-state index in [1.165, 1.54) is 5.01 Å². The predicted octanol–water partition coefficient (Wildman–Crippen LogP) is 2.24. The molecular formula is C8H10ClN3O. The number of rotatable bonds is 4. The summed E-state index contributed by atoms with van der Waals surface area (Å²) in [5, 5.41) is 4.70. The normalized spacial score (nSPS) is 9.69. The molecule has 0 aromatic carbocycles. The van der Waals surface area contributed by atoms with Crippen molar-refractivity contribution in [3.8, 4) is 0 Å². The number of hydrogen-bond donors (Lipinski definition) is 0. The molecule has 0 unspecified atom stereocenters. The van der Waals surface area contributed by atoms with Crippen LogP contribution in [0.2, 0.25) is 5.15 Å². The van der Waals surface area contributed by atoms with Gasteiger partial charge in [-0.1, -0.05) is 17.7 Å². The van der Waals surface area contributed by atoms with Crippen LogP contribution in [0.5, 0.6) is 0 Å². The average molecular weight is 200 g/mol. The van der Waals surface area contributed by atoms with Crippen LogP contribution in [0.15, 0.2) is 23.6 Å². The maximum atomic E-state index is 10.2. The lowest BCUT2D eigenvalue weighted by atomic mass is 10.3. The molecule has 70 valence electrons. The number of pyridine rings is 1. The molecule has 0 fully saturated rings. The molecule has 0 atom stereocenters. The van der Waals surface area contributed by atoms with Gasteiger partial charge in [-0.3, -0.25) is 5.01 Å². The fourth-order valence-electron chi connectivity index (χ4n) is 0.909. The molecule has 0 saturated carbocycles. The zero-order valence-electron chi connectivity index (χ0n) is 7.27. The van der Waals surface area contributed by atoms with Crippen LogP contribution in [0.25, 0.3) is 0 Å². The molecule has 0 radical (unpaired) electrons. The van der Waals surface area contributed by atoms with Crippen molar-refractivity contribution in [1.82, 2.24) is 9.99 Å². The van der Waals surface area contributed by atoms with E-state index in [4.69, 9.17) is 11.6 Å². The van der Waals surface area contributed by atoms with E-state index in [1.54, 1.807) is 12.3 Å². The molecule has 0 aliphatic carbocycles. The lowest BCUT2D eigenvalue weighted by Crippen LogP contribution is -2.15. The van der Waals surface area contributed by atoms with Crippen molar-refractivity contribution in [3.63, 3.8) is 0 Å². The van der Waals surface area contributed by atoms with Gasteiger partial charge < -0.3 is 0 Å². The molecule has 1 rings (SSSR count). The van der Waals surface area contributed by atoms with E-state index in [1.807, 2.05) is 13.0 Å². The first-order valence-corrected chi connectivity index (χ1v) is 4.32. The number of nitrogens with zero attached hydrogens (tertiary/aromatic N) is 3. The highest BCUT2D eigenvalue weighted by Gasteiger charge is 2.01. The molecule has 0 aliphatic heterocycles. The molecule has 4 nitrogen and oxygen atoms in total. The van der Waals surface area contributed by atoms with Crippen LogP contribution in [-0.2, 0) is 6.54 Å². The Morgan fingerprint density at radius 2 is 2.38 bits per heavy atom. The Morgan fingerprint density at radius 3 is 2.85 bits per heavy atom. The minimum Gasteiger partial charge on any atom is -0.257 e. The molecule has 0 aliphatic rings. The highest BCUT2D eigenvalue weighted by Crippen LogP contribution is 2.07. The monoisotopic (exact) mass is 199 g/mol. The second kappa shape index (κ2) is 4.77. The Morgan fingerprint density at radius 1 is 1.62 bits per heavy atom. The predicted molar refractivity (Wildman–Crippen MR) is 51.1 cm³/mol. The summed E-state index contributed by atoms with van der Waals surface area (Å²) in [4.78, 5) is 14.1. The SMILES string of the molecule is CCN(Cc1ccc(Cl)nc1)N=O. The minimum atomic E-state index is 0.450. The second-order valence-electron chi connectivity index (χ2n) is 2.55. The lowest BCUT2D eigenvalue weighted by molar-refractivity contribution is 0.291.